The van der Waals surface area contributed by atoms with E-state index in [1.807, 2.05) is 0 Å². The molecule has 0 nitrogen and oxygen atoms in total. The van der Waals surface area contributed by atoms with Gasteiger partial charge < -0.3 is 0 Å². The Kier molecular flexibility index (Phi) is 1.07. The summed E-state index contributed by atoms with van der Waals surface area (Å²) in [6.45, 7) is 7.07. The van der Waals surface area contributed by atoms with Gasteiger partial charge in [-0.15, -0.1) is 0 Å². The average molecular weight is 136 g/mol. The van der Waals surface area contributed by atoms with Crippen molar-refractivity contribution in [3.05, 3.63) is 11.6 Å². The lowest BCUT2D eigenvalue weighted by atomic mass is 10.0. The molecule has 1 fully saturated rings. The highest BCUT2D eigenvalue weighted by atomic mass is 14.6. The van der Waals surface area contributed by atoms with Crippen LogP contribution in [0.5, 0.6) is 0 Å². The van der Waals surface area contributed by atoms with Crippen LogP contribution in [0.25, 0.3) is 0 Å². The minimum atomic E-state index is 0.651. The quantitative estimate of drug-likeness (QED) is 0.449. The highest BCUT2D eigenvalue weighted by Crippen LogP contribution is 2.63. The number of hydrogen-bond acceptors (Lipinski definition) is 0. The fourth-order valence-corrected chi connectivity index (χ4v) is 2.44. The number of allylic oxidation sites excluding steroid dienone is 2. The lowest BCUT2D eigenvalue weighted by Gasteiger charge is -2.05. The average Bonchev–Trinajstić information content (AvgIpc) is 2.36. The van der Waals surface area contributed by atoms with Gasteiger partial charge in [-0.05, 0) is 37.0 Å². The van der Waals surface area contributed by atoms with E-state index in [4.69, 9.17) is 0 Å². The molecule has 0 amide bonds. The van der Waals surface area contributed by atoms with Crippen molar-refractivity contribution >= 4 is 0 Å². The SMILES string of the molecule is CC1=C[C@H]2[C@H](CC1)C2(C)C. The Morgan fingerprint density at radius 3 is 2.70 bits per heavy atom. The molecule has 0 aromatic carbocycles. The summed E-state index contributed by atoms with van der Waals surface area (Å²) >= 11 is 0. The van der Waals surface area contributed by atoms with Crippen molar-refractivity contribution in [2.75, 3.05) is 0 Å². The molecule has 2 aliphatic rings. The summed E-state index contributed by atoms with van der Waals surface area (Å²) in [5.74, 6) is 1.96. The van der Waals surface area contributed by atoms with Crippen LogP contribution < -0.4 is 0 Å². The minimum absolute atomic E-state index is 0.651. The zero-order chi connectivity index (χ0) is 7.35. The summed E-state index contributed by atoms with van der Waals surface area (Å²) in [5.41, 5.74) is 2.27. The first kappa shape index (κ1) is 6.45. The van der Waals surface area contributed by atoms with E-state index in [9.17, 15) is 0 Å². The molecule has 1 saturated carbocycles. The normalized spacial score (nSPS) is 42.1. The summed E-state index contributed by atoms with van der Waals surface area (Å²) in [7, 11) is 0. The first-order valence-electron chi connectivity index (χ1n) is 4.29. The van der Waals surface area contributed by atoms with Crippen molar-refractivity contribution in [3.63, 3.8) is 0 Å². The van der Waals surface area contributed by atoms with Gasteiger partial charge in [-0.25, -0.2) is 0 Å². The van der Waals surface area contributed by atoms with Gasteiger partial charge in [-0.2, -0.15) is 0 Å². The van der Waals surface area contributed by atoms with Gasteiger partial charge in [-0.1, -0.05) is 25.5 Å². The molecule has 0 saturated heterocycles. The fourth-order valence-electron chi connectivity index (χ4n) is 2.44. The van der Waals surface area contributed by atoms with E-state index in [1.165, 1.54) is 12.8 Å². The molecule has 0 unspecified atom stereocenters. The van der Waals surface area contributed by atoms with Crippen LogP contribution in [0.15, 0.2) is 11.6 Å². The van der Waals surface area contributed by atoms with E-state index in [1.54, 1.807) is 5.57 Å². The zero-order valence-corrected chi connectivity index (χ0v) is 7.15. The predicted molar refractivity (Wildman–Crippen MR) is 43.8 cm³/mol. The molecule has 0 heterocycles. The van der Waals surface area contributed by atoms with Gasteiger partial charge in [-0.3, -0.25) is 0 Å². The lowest BCUT2D eigenvalue weighted by molar-refractivity contribution is 0.533. The van der Waals surface area contributed by atoms with Crippen molar-refractivity contribution in [2.45, 2.75) is 33.6 Å². The maximum atomic E-state index is 2.49. The maximum Gasteiger partial charge on any atom is -0.0143 e. The molecule has 2 atom stereocenters. The molecule has 2 rings (SSSR count). The summed E-state index contributed by atoms with van der Waals surface area (Å²) in [5, 5.41) is 0. The number of hydrogen-bond donors (Lipinski definition) is 0. The van der Waals surface area contributed by atoms with Gasteiger partial charge in [0.1, 0.15) is 0 Å². The standard InChI is InChI=1S/C10H16/c1-7-4-5-8-9(6-7)10(8,2)3/h6,8-9H,4-5H2,1-3H3/t8-,9-/m0/s1. The van der Waals surface area contributed by atoms with Crippen LogP contribution in [0.2, 0.25) is 0 Å². The summed E-state index contributed by atoms with van der Waals surface area (Å²) < 4.78 is 0. The fraction of sp³-hybridized carbons (Fsp3) is 0.800. The van der Waals surface area contributed by atoms with Crippen molar-refractivity contribution in [1.29, 1.82) is 0 Å². The molecular weight excluding hydrogens is 120 g/mol. The molecule has 0 N–H and O–H groups in total. The van der Waals surface area contributed by atoms with Gasteiger partial charge >= 0.3 is 0 Å². The van der Waals surface area contributed by atoms with E-state index >= 15 is 0 Å². The van der Waals surface area contributed by atoms with Crippen LogP contribution in [-0.2, 0) is 0 Å². The second-order valence-corrected chi connectivity index (χ2v) is 4.51. The molecule has 2 aliphatic carbocycles. The van der Waals surface area contributed by atoms with Crippen LogP contribution >= 0.6 is 0 Å². The van der Waals surface area contributed by atoms with Crippen LogP contribution in [0.1, 0.15) is 33.6 Å². The second-order valence-electron chi connectivity index (χ2n) is 4.51. The highest BCUT2D eigenvalue weighted by Gasteiger charge is 2.56. The van der Waals surface area contributed by atoms with Gasteiger partial charge in [0.25, 0.3) is 0 Å². The number of fused-ring (bicyclic) bond motifs is 1. The van der Waals surface area contributed by atoms with E-state index in [0.717, 1.165) is 11.8 Å². The molecular formula is C10H16. The third kappa shape index (κ3) is 0.680. The predicted octanol–water partition coefficient (Wildman–Crippen LogP) is 3.00. The van der Waals surface area contributed by atoms with Crippen LogP contribution in [0.3, 0.4) is 0 Å². The topological polar surface area (TPSA) is 0 Å². The monoisotopic (exact) mass is 136 g/mol. The summed E-state index contributed by atoms with van der Waals surface area (Å²) in [6, 6.07) is 0. The van der Waals surface area contributed by atoms with E-state index in [0.29, 0.717) is 5.41 Å². The largest absolute Gasteiger partial charge is 0.0817 e. The molecule has 56 valence electrons. The van der Waals surface area contributed by atoms with Gasteiger partial charge in [0.2, 0.25) is 0 Å². The van der Waals surface area contributed by atoms with Crippen molar-refractivity contribution in [1.82, 2.24) is 0 Å². The summed E-state index contributed by atoms with van der Waals surface area (Å²) in [6.07, 6.45) is 5.29. The first-order chi connectivity index (χ1) is 4.62. The van der Waals surface area contributed by atoms with E-state index in [2.05, 4.69) is 26.8 Å². The highest BCUT2D eigenvalue weighted by molar-refractivity contribution is 5.21. The Balaban J connectivity index is 2.20. The van der Waals surface area contributed by atoms with E-state index in [-0.39, 0.29) is 0 Å². The third-order valence-electron chi connectivity index (χ3n) is 3.45. The van der Waals surface area contributed by atoms with Crippen molar-refractivity contribution in [3.8, 4) is 0 Å². The van der Waals surface area contributed by atoms with Crippen LogP contribution in [0.4, 0.5) is 0 Å². The Bertz CT molecular complexity index is 186. The molecule has 0 bridgehead atoms. The Labute approximate surface area is 63.3 Å². The second kappa shape index (κ2) is 1.66. The van der Waals surface area contributed by atoms with Gasteiger partial charge in [0, 0.05) is 0 Å². The van der Waals surface area contributed by atoms with E-state index < -0.39 is 0 Å². The van der Waals surface area contributed by atoms with Gasteiger partial charge in [0.15, 0.2) is 0 Å². The minimum Gasteiger partial charge on any atom is -0.0817 e. The van der Waals surface area contributed by atoms with Crippen LogP contribution in [-0.4, -0.2) is 0 Å². The smallest absolute Gasteiger partial charge is 0.0143 e. The lowest BCUT2D eigenvalue weighted by Crippen LogP contribution is -1.90. The first-order valence-corrected chi connectivity index (χ1v) is 4.29. The Morgan fingerprint density at radius 1 is 1.50 bits per heavy atom. The molecule has 0 heteroatoms. The third-order valence-corrected chi connectivity index (χ3v) is 3.45. The van der Waals surface area contributed by atoms with Gasteiger partial charge in [0.05, 0.1) is 0 Å². The maximum absolute atomic E-state index is 2.49. The number of rotatable bonds is 0. The Morgan fingerprint density at radius 2 is 2.20 bits per heavy atom. The summed E-state index contributed by atoms with van der Waals surface area (Å²) in [4.78, 5) is 0. The zero-order valence-electron chi connectivity index (χ0n) is 7.15. The molecule has 0 aromatic heterocycles. The Hall–Kier alpha value is -0.260. The molecule has 0 aliphatic heterocycles. The van der Waals surface area contributed by atoms with Crippen molar-refractivity contribution < 1.29 is 0 Å². The molecule has 0 spiro atoms. The van der Waals surface area contributed by atoms with Crippen molar-refractivity contribution in [2.24, 2.45) is 17.3 Å². The molecule has 0 radical (unpaired) electrons. The molecule has 0 aromatic rings. The molecule has 10 heavy (non-hydrogen) atoms. The van der Waals surface area contributed by atoms with Crippen LogP contribution in [0, 0.1) is 17.3 Å².